The zero-order valence-electron chi connectivity index (χ0n) is 16.2. The predicted octanol–water partition coefficient (Wildman–Crippen LogP) is 2.65. The molecule has 0 saturated carbocycles. The lowest BCUT2D eigenvalue weighted by Gasteiger charge is -2.32. The van der Waals surface area contributed by atoms with Crippen LogP contribution in [0.15, 0.2) is 18.2 Å². The summed E-state index contributed by atoms with van der Waals surface area (Å²) in [7, 11) is 2.05. The van der Waals surface area contributed by atoms with Gasteiger partial charge in [0.25, 0.3) is 11.8 Å². The zero-order chi connectivity index (χ0) is 20.0. The number of nitrogens with one attached hydrogen (secondary N) is 2. The predicted molar refractivity (Wildman–Crippen MR) is 107 cm³/mol. The average molecular weight is 382 g/mol. The summed E-state index contributed by atoms with van der Waals surface area (Å²) < 4.78 is 13.7. The Kier molecular flexibility index (Phi) is 4.55. The van der Waals surface area contributed by atoms with Crippen LogP contribution in [0.1, 0.15) is 32.9 Å². The van der Waals surface area contributed by atoms with Gasteiger partial charge in [0, 0.05) is 48.8 Å². The van der Waals surface area contributed by atoms with Gasteiger partial charge in [0.15, 0.2) is 0 Å². The third-order valence-electron chi connectivity index (χ3n) is 5.53. The molecule has 2 N–H and O–H groups in total. The van der Waals surface area contributed by atoms with Crippen LogP contribution < -0.4 is 5.32 Å². The van der Waals surface area contributed by atoms with Crippen molar-refractivity contribution in [3.63, 3.8) is 0 Å². The molecule has 3 heterocycles. The van der Waals surface area contributed by atoms with Gasteiger partial charge in [-0.05, 0) is 50.7 Å². The molecule has 1 fully saturated rings. The van der Waals surface area contributed by atoms with Gasteiger partial charge in [-0.15, -0.1) is 0 Å². The van der Waals surface area contributed by atoms with E-state index in [2.05, 4.69) is 15.2 Å². The minimum absolute atomic E-state index is 0.00585. The number of benzene rings is 1. The number of aromatic amines is 1. The van der Waals surface area contributed by atoms with Gasteiger partial charge in [-0.2, -0.15) is 0 Å². The molecule has 1 aromatic carbocycles. The van der Waals surface area contributed by atoms with Crippen LogP contribution in [0, 0.1) is 19.7 Å². The van der Waals surface area contributed by atoms with Crippen molar-refractivity contribution in [2.75, 3.05) is 38.5 Å². The molecule has 0 spiro atoms. The van der Waals surface area contributed by atoms with E-state index in [0.29, 0.717) is 41.2 Å². The van der Waals surface area contributed by atoms with Gasteiger partial charge in [-0.25, -0.2) is 4.39 Å². The largest absolute Gasteiger partial charge is 0.358 e. The Morgan fingerprint density at radius 2 is 1.89 bits per heavy atom. The molecule has 0 unspecified atom stereocenters. The van der Waals surface area contributed by atoms with Crippen molar-refractivity contribution >= 4 is 29.2 Å². The molecule has 1 saturated heterocycles. The number of carbonyl (C=O) groups excluding carboxylic acids is 2. The number of likely N-dealkylation sites (N-methyl/N-ethyl adjacent to an activating group) is 1. The molecule has 28 heavy (non-hydrogen) atoms. The second-order valence-corrected chi connectivity index (χ2v) is 7.46. The summed E-state index contributed by atoms with van der Waals surface area (Å²) in [5, 5.41) is 2.75. The van der Waals surface area contributed by atoms with Crippen LogP contribution >= 0.6 is 0 Å². The number of rotatable bonds is 2. The molecule has 0 aliphatic carbocycles. The number of hydrogen-bond donors (Lipinski definition) is 2. The van der Waals surface area contributed by atoms with Crippen LogP contribution in [0.4, 0.5) is 10.1 Å². The highest BCUT2D eigenvalue weighted by atomic mass is 19.1. The molecule has 7 heteroatoms. The molecule has 146 valence electrons. The Labute approximate surface area is 163 Å². The third-order valence-corrected chi connectivity index (χ3v) is 5.53. The summed E-state index contributed by atoms with van der Waals surface area (Å²) in [5.74, 6) is -0.669. The number of hydrogen-bond acceptors (Lipinski definition) is 3. The lowest BCUT2D eigenvalue weighted by Crippen LogP contribution is -2.47. The van der Waals surface area contributed by atoms with Crippen LogP contribution in [0.5, 0.6) is 0 Å². The second kappa shape index (κ2) is 6.91. The van der Waals surface area contributed by atoms with E-state index in [1.54, 1.807) is 12.1 Å². The van der Waals surface area contributed by atoms with Crippen molar-refractivity contribution in [2.24, 2.45) is 0 Å². The van der Waals surface area contributed by atoms with E-state index in [0.717, 1.165) is 24.3 Å². The van der Waals surface area contributed by atoms with E-state index >= 15 is 0 Å². The maximum atomic E-state index is 13.7. The standard InChI is InChI=1S/C21H23FN4O2/c1-12-18(11-16-15-10-14(22)4-5-17(15)24-20(16)27)23-13(2)19(12)21(28)26-8-6-25(3)7-9-26/h4-5,10-11,23H,6-9H2,1-3H3,(H,24,27)/b16-11-. The number of aryl methyl sites for hydroxylation is 1. The van der Waals surface area contributed by atoms with Crippen molar-refractivity contribution in [1.29, 1.82) is 0 Å². The van der Waals surface area contributed by atoms with E-state index in [1.807, 2.05) is 25.8 Å². The zero-order valence-corrected chi connectivity index (χ0v) is 16.2. The van der Waals surface area contributed by atoms with Gasteiger partial charge in [-0.3, -0.25) is 9.59 Å². The van der Waals surface area contributed by atoms with E-state index in [4.69, 9.17) is 0 Å². The molecule has 0 radical (unpaired) electrons. The molecule has 2 aromatic rings. The first kappa shape index (κ1) is 18.4. The fourth-order valence-corrected chi connectivity index (χ4v) is 3.85. The third kappa shape index (κ3) is 3.11. The van der Waals surface area contributed by atoms with Gasteiger partial charge in [0.1, 0.15) is 5.82 Å². The van der Waals surface area contributed by atoms with Crippen molar-refractivity contribution in [2.45, 2.75) is 13.8 Å². The van der Waals surface area contributed by atoms with Crippen LogP contribution in [0.2, 0.25) is 0 Å². The van der Waals surface area contributed by atoms with Crippen molar-refractivity contribution in [3.8, 4) is 0 Å². The van der Waals surface area contributed by atoms with E-state index in [-0.39, 0.29) is 11.8 Å². The van der Waals surface area contributed by atoms with Gasteiger partial charge in [0.05, 0.1) is 11.1 Å². The Hall–Kier alpha value is -2.93. The molecule has 0 bridgehead atoms. The number of fused-ring (bicyclic) bond motifs is 1. The summed E-state index contributed by atoms with van der Waals surface area (Å²) in [6, 6.07) is 4.22. The Bertz CT molecular complexity index is 1000. The van der Waals surface area contributed by atoms with Crippen molar-refractivity contribution in [3.05, 3.63) is 52.1 Å². The Morgan fingerprint density at radius 1 is 1.18 bits per heavy atom. The number of halogens is 1. The number of amides is 2. The fourth-order valence-electron chi connectivity index (χ4n) is 3.85. The first-order chi connectivity index (χ1) is 13.3. The summed E-state index contributed by atoms with van der Waals surface area (Å²) in [5.41, 5.74) is 4.41. The Balaban J connectivity index is 1.69. The fraction of sp³-hybridized carbons (Fsp3) is 0.333. The quantitative estimate of drug-likeness (QED) is 0.785. The first-order valence-electron chi connectivity index (χ1n) is 9.35. The van der Waals surface area contributed by atoms with Gasteiger partial charge < -0.3 is 20.1 Å². The van der Waals surface area contributed by atoms with Crippen LogP contribution in [-0.2, 0) is 4.79 Å². The molecule has 2 aliphatic rings. The van der Waals surface area contributed by atoms with E-state index in [1.165, 1.54) is 12.1 Å². The Morgan fingerprint density at radius 3 is 2.61 bits per heavy atom. The van der Waals surface area contributed by atoms with Crippen molar-refractivity contribution in [1.82, 2.24) is 14.8 Å². The van der Waals surface area contributed by atoms with Crippen LogP contribution in [-0.4, -0.2) is 59.8 Å². The smallest absolute Gasteiger partial charge is 0.256 e. The van der Waals surface area contributed by atoms with Crippen LogP contribution in [0.25, 0.3) is 11.6 Å². The van der Waals surface area contributed by atoms with Crippen LogP contribution in [0.3, 0.4) is 0 Å². The summed E-state index contributed by atoms with van der Waals surface area (Å²) in [6.07, 6.45) is 1.70. The molecule has 0 atom stereocenters. The lowest BCUT2D eigenvalue weighted by molar-refractivity contribution is -0.110. The normalized spacial score (nSPS) is 18.5. The molecular weight excluding hydrogens is 359 g/mol. The maximum Gasteiger partial charge on any atom is 0.256 e. The second-order valence-electron chi connectivity index (χ2n) is 7.46. The molecule has 2 amide bonds. The summed E-state index contributed by atoms with van der Waals surface area (Å²) in [6.45, 7) is 6.84. The number of nitrogens with zero attached hydrogens (tertiary/aromatic N) is 2. The van der Waals surface area contributed by atoms with Crippen molar-refractivity contribution < 1.29 is 14.0 Å². The highest BCUT2D eigenvalue weighted by Crippen LogP contribution is 2.34. The van der Waals surface area contributed by atoms with Gasteiger partial charge in [-0.1, -0.05) is 0 Å². The number of piperazine rings is 1. The highest BCUT2D eigenvalue weighted by molar-refractivity contribution is 6.34. The SMILES string of the molecule is Cc1[nH]c(/C=C2\C(=O)Nc3ccc(F)cc32)c(C)c1C(=O)N1CCN(C)CC1. The monoisotopic (exact) mass is 382 g/mol. The number of carbonyl (C=O) groups is 2. The highest BCUT2D eigenvalue weighted by Gasteiger charge is 2.28. The number of H-pyrrole nitrogens is 1. The molecule has 2 aliphatic heterocycles. The first-order valence-corrected chi connectivity index (χ1v) is 9.35. The topological polar surface area (TPSA) is 68.4 Å². The van der Waals surface area contributed by atoms with E-state index in [9.17, 15) is 14.0 Å². The number of aromatic nitrogens is 1. The summed E-state index contributed by atoms with van der Waals surface area (Å²) >= 11 is 0. The lowest BCUT2D eigenvalue weighted by atomic mass is 10.0. The van der Waals surface area contributed by atoms with E-state index < -0.39 is 5.82 Å². The average Bonchev–Trinajstić information content (AvgIpc) is 3.11. The molecule has 1 aromatic heterocycles. The van der Waals surface area contributed by atoms with Gasteiger partial charge >= 0.3 is 0 Å². The minimum atomic E-state index is -0.397. The molecular formula is C21H23FN4O2. The van der Waals surface area contributed by atoms with Gasteiger partial charge in [0.2, 0.25) is 0 Å². The summed E-state index contributed by atoms with van der Waals surface area (Å²) in [4.78, 5) is 32.7. The number of anilines is 1. The molecule has 4 rings (SSSR count). The minimum Gasteiger partial charge on any atom is -0.358 e. The molecule has 6 nitrogen and oxygen atoms in total. The maximum absolute atomic E-state index is 13.7.